The molecular formula is C12H23N3O4S. The SMILES string of the molecule is CN(CCC(=O)O)S(=O)(=O)N1CCC(N2CCCC2)C1. The van der Waals surface area contributed by atoms with Crippen LogP contribution in [0.25, 0.3) is 0 Å². The fourth-order valence-corrected chi connectivity index (χ4v) is 4.30. The van der Waals surface area contributed by atoms with E-state index in [1.165, 1.54) is 24.2 Å². The van der Waals surface area contributed by atoms with E-state index >= 15 is 0 Å². The molecule has 0 saturated carbocycles. The summed E-state index contributed by atoms with van der Waals surface area (Å²) in [6, 6.07) is 0.320. The molecule has 2 rings (SSSR count). The predicted molar refractivity (Wildman–Crippen MR) is 74.6 cm³/mol. The summed E-state index contributed by atoms with van der Waals surface area (Å²) in [5, 5.41) is 8.64. The number of carboxylic acid groups (broad SMARTS) is 1. The minimum absolute atomic E-state index is 0.0164. The molecular weight excluding hydrogens is 282 g/mol. The van der Waals surface area contributed by atoms with Crippen molar-refractivity contribution >= 4 is 16.2 Å². The largest absolute Gasteiger partial charge is 0.481 e. The Balaban J connectivity index is 1.91. The maximum absolute atomic E-state index is 12.3. The van der Waals surface area contributed by atoms with Crippen LogP contribution in [-0.4, -0.2) is 78.8 Å². The molecule has 2 aliphatic heterocycles. The Morgan fingerprint density at radius 2 is 1.95 bits per heavy atom. The molecule has 0 radical (unpaired) electrons. The zero-order valence-electron chi connectivity index (χ0n) is 11.9. The second kappa shape index (κ2) is 6.38. The minimum atomic E-state index is -3.52. The number of likely N-dealkylation sites (tertiary alicyclic amines) is 1. The molecule has 1 unspecified atom stereocenters. The Bertz CT molecular complexity index is 448. The van der Waals surface area contributed by atoms with E-state index in [-0.39, 0.29) is 13.0 Å². The average molecular weight is 305 g/mol. The number of carbonyl (C=O) groups is 1. The molecule has 116 valence electrons. The van der Waals surface area contributed by atoms with Crippen LogP contribution in [0, 0.1) is 0 Å². The Morgan fingerprint density at radius 3 is 2.55 bits per heavy atom. The molecule has 2 saturated heterocycles. The Hall–Kier alpha value is -0.700. The standard InChI is InChI=1S/C12H23N3O4S/c1-13(8-5-12(16)17)20(18,19)15-9-4-11(10-15)14-6-2-3-7-14/h11H,2-10H2,1H3,(H,16,17). The van der Waals surface area contributed by atoms with E-state index < -0.39 is 16.2 Å². The highest BCUT2D eigenvalue weighted by molar-refractivity contribution is 7.86. The molecule has 0 spiro atoms. The fourth-order valence-electron chi connectivity index (χ4n) is 2.89. The van der Waals surface area contributed by atoms with E-state index in [1.54, 1.807) is 0 Å². The molecule has 1 atom stereocenters. The van der Waals surface area contributed by atoms with E-state index in [9.17, 15) is 13.2 Å². The molecule has 0 aromatic carbocycles. The molecule has 0 aliphatic carbocycles. The maximum Gasteiger partial charge on any atom is 0.304 e. The Labute approximate surface area is 120 Å². The van der Waals surface area contributed by atoms with E-state index in [0.717, 1.165) is 23.8 Å². The fraction of sp³-hybridized carbons (Fsp3) is 0.917. The third-order valence-corrected chi connectivity index (χ3v) is 6.10. The first-order valence-electron chi connectivity index (χ1n) is 7.08. The van der Waals surface area contributed by atoms with Crippen LogP contribution in [0.15, 0.2) is 0 Å². The number of carboxylic acids is 1. The third-order valence-electron chi connectivity index (χ3n) is 4.14. The molecule has 0 bridgehead atoms. The van der Waals surface area contributed by atoms with Crippen LogP contribution in [0.2, 0.25) is 0 Å². The van der Waals surface area contributed by atoms with Crippen LogP contribution in [0.1, 0.15) is 25.7 Å². The van der Waals surface area contributed by atoms with Gasteiger partial charge in [0.15, 0.2) is 0 Å². The van der Waals surface area contributed by atoms with Gasteiger partial charge in [-0.2, -0.15) is 17.0 Å². The van der Waals surface area contributed by atoms with Gasteiger partial charge in [-0.1, -0.05) is 0 Å². The molecule has 20 heavy (non-hydrogen) atoms. The lowest BCUT2D eigenvalue weighted by Crippen LogP contribution is -2.43. The zero-order valence-corrected chi connectivity index (χ0v) is 12.7. The van der Waals surface area contributed by atoms with Crippen LogP contribution in [0.3, 0.4) is 0 Å². The molecule has 0 amide bonds. The van der Waals surface area contributed by atoms with Gasteiger partial charge in [-0.05, 0) is 32.4 Å². The normalized spacial score (nSPS) is 25.6. The second-order valence-corrected chi connectivity index (χ2v) is 7.55. The molecule has 1 N–H and O–H groups in total. The van der Waals surface area contributed by atoms with Crippen molar-refractivity contribution in [3.05, 3.63) is 0 Å². The summed E-state index contributed by atoms with van der Waals surface area (Å²) in [6.45, 7) is 3.20. The maximum atomic E-state index is 12.3. The van der Waals surface area contributed by atoms with Crippen molar-refractivity contribution in [3.63, 3.8) is 0 Å². The molecule has 0 aromatic heterocycles. The summed E-state index contributed by atoms with van der Waals surface area (Å²) in [7, 11) is -2.07. The van der Waals surface area contributed by atoms with Gasteiger partial charge in [0, 0.05) is 32.7 Å². The molecule has 7 nitrogen and oxygen atoms in total. The number of hydrogen-bond donors (Lipinski definition) is 1. The molecule has 2 heterocycles. The van der Waals surface area contributed by atoms with Gasteiger partial charge >= 0.3 is 5.97 Å². The summed E-state index contributed by atoms with van der Waals surface area (Å²) in [6.07, 6.45) is 3.09. The number of rotatable bonds is 6. The molecule has 8 heteroatoms. The monoisotopic (exact) mass is 305 g/mol. The highest BCUT2D eigenvalue weighted by atomic mass is 32.2. The van der Waals surface area contributed by atoms with Gasteiger partial charge in [-0.15, -0.1) is 0 Å². The Kier molecular flexibility index (Phi) is 5.00. The Morgan fingerprint density at radius 1 is 1.30 bits per heavy atom. The summed E-state index contributed by atoms with van der Waals surface area (Å²) < 4.78 is 27.3. The quantitative estimate of drug-likeness (QED) is 0.735. The van der Waals surface area contributed by atoms with Crippen molar-refractivity contribution < 1.29 is 18.3 Å². The van der Waals surface area contributed by atoms with Crippen molar-refractivity contribution in [2.45, 2.75) is 31.7 Å². The number of nitrogens with zero attached hydrogens (tertiary/aromatic N) is 3. The van der Waals surface area contributed by atoms with E-state index in [4.69, 9.17) is 5.11 Å². The lowest BCUT2D eigenvalue weighted by molar-refractivity contribution is -0.137. The zero-order chi connectivity index (χ0) is 14.8. The van der Waals surface area contributed by atoms with Crippen LogP contribution >= 0.6 is 0 Å². The van der Waals surface area contributed by atoms with Crippen molar-refractivity contribution in [2.75, 3.05) is 39.8 Å². The highest BCUT2D eigenvalue weighted by Crippen LogP contribution is 2.23. The van der Waals surface area contributed by atoms with Crippen molar-refractivity contribution in [2.24, 2.45) is 0 Å². The van der Waals surface area contributed by atoms with E-state index in [0.29, 0.717) is 19.1 Å². The predicted octanol–water partition coefficient (Wildman–Crippen LogP) is -0.192. The van der Waals surface area contributed by atoms with Gasteiger partial charge in [0.2, 0.25) is 0 Å². The first kappa shape index (κ1) is 15.7. The number of aliphatic carboxylic acids is 1. The van der Waals surface area contributed by atoms with Crippen LogP contribution in [-0.2, 0) is 15.0 Å². The van der Waals surface area contributed by atoms with E-state index in [1.807, 2.05) is 0 Å². The topological polar surface area (TPSA) is 81.2 Å². The van der Waals surface area contributed by atoms with Crippen LogP contribution in [0.5, 0.6) is 0 Å². The van der Waals surface area contributed by atoms with Gasteiger partial charge < -0.3 is 5.11 Å². The summed E-state index contributed by atoms with van der Waals surface area (Å²) in [5.74, 6) is -0.983. The second-order valence-electron chi connectivity index (χ2n) is 5.52. The molecule has 2 aliphatic rings. The lowest BCUT2D eigenvalue weighted by Gasteiger charge is -2.26. The first-order chi connectivity index (χ1) is 9.41. The summed E-state index contributed by atoms with van der Waals surface area (Å²) >= 11 is 0. The van der Waals surface area contributed by atoms with Crippen molar-refractivity contribution in [1.29, 1.82) is 0 Å². The van der Waals surface area contributed by atoms with Gasteiger partial charge in [-0.3, -0.25) is 9.69 Å². The minimum Gasteiger partial charge on any atom is -0.481 e. The van der Waals surface area contributed by atoms with Gasteiger partial charge in [0.05, 0.1) is 6.42 Å². The molecule has 0 aromatic rings. The lowest BCUT2D eigenvalue weighted by atomic mass is 10.2. The van der Waals surface area contributed by atoms with Crippen LogP contribution < -0.4 is 0 Å². The van der Waals surface area contributed by atoms with Crippen molar-refractivity contribution in [1.82, 2.24) is 13.5 Å². The van der Waals surface area contributed by atoms with E-state index in [2.05, 4.69) is 4.90 Å². The van der Waals surface area contributed by atoms with Gasteiger partial charge in [0.1, 0.15) is 0 Å². The average Bonchev–Trinajstić information content (AvgIpc) is 3.05. The number of hydrogen-bond acceptors (Lipinski definition) is 4. The molecule has 2 fully saturated rings. The highest BCUT2D eigenvalue weighted by Gasteiger charge is 2.36. The van der Waals surface area contributed by atoms with Gasteiger partial charge in [-0.25, -0.2) is 0 Å². The van der Waals surface area contributed by atoms with Crippen LogP contribution in [0.4, 0.5) is 0 Å². The van der Waals surface area contributed by atoms with Crippen molar-refractivity contribution in [3.8, 4) is 0 Å². The third kappa shape index (κ3) is 3.49. The first-order valence-corrected chi connectivity index (χ1v) is 8.48. The summed E-state index contributed by atoms with van der Waals surface area (Å²) in [4.78, 5) is 12.9. The smallest absolute Gasteiger partial charge is 0.304 e. The summed E-state index contributed by atoms with van der Waals surface area (Å²) in [5.41, 5.74) is 0. The van der Waals surface area contributed by atoms with Gasteiger partial charge in [0.25, 0.3) is 10.2 Å².